The summed E-state index contributed by atoms with van der Waals surface area (Å²) in [6.45, 7) is 3.95. The summed E-state index contributed by atoms with van der Waals surface area (Å²) in [6, 6.07) is 21.9. The minimum absolute atomic E-state index is 0.0806. The molecule has 200 valence electrons. The van der Waals surface area contributed by atoms with E-state index in [2.05, 4.69) is 11.6 Å². The van der Waals surface area contributed by atoms with Gasteiger partial charge >= 0.3 is 5.97 Å². The standard InChI is InChI=1S/C31H29FNO5P/c1-20(2)31-27(15-16-39(37,38-3)19-24(34)17-30(35)36)28(22-11-13-23(32)14-12-22)18-29(33-31)26-10-6-8-21-7-4-5-9-25(21)26/h4-14,18,20,24,34H,17,19H2,1-3H3,(H,35,36)/t24-,39?/m0/s1. The van der Waals surface area contributed by atoms with E-state index in [4.69, 9.17) is 14.6 Å². The van der Waals surface area contributed by atoms with Crippen LogP contribution >= 0.6 is 7.37 Å². The van der Waals surface area contributed by atoms with Gasteiger partial charge in [-0.15, -0.1) is 0 Å². The quantitative estimate of drug-likeness (QED) is 0.185. The van der Waals surface area contributed by atoms with Gasteiger partial charge in [-0.25, -0.2) is 4.39 Å². The number of hydrogen-bond donors (Lipinski definition) is 2. The highest BCUT2D eigenvalue weighted by Gasteiger charge is 2.26. The SMILES string of the molecule is COP(=O)(C#Cc1c(-c2ccc(F)cc2)cc(-c2cccc3ccccc23)nc1C(C)C)C[C@@H](O)CC(=O)O. The van der Waals surface area contributed by atoms with E-state index in [1.54, 1.807) is 12.1 Å². The number of carboxylic acid groups (broad SMARTS) is 1. The zero-order valence-electron chi connectivity index (χ0n) is 21.9. The molecular weight excluding hydrogens is 516 g/mol. The Morgan fingerprint density at radius 1 is 1.05 bits per heavy atom. The first-order valence-corrected chi connectivity index (χ1v) is 14.3. The van der Waals surface area contributed by atoms with Crippen molar-refractivity contribution in [2.75, 3.05) is 13.3 Å². The fourth-order valence-corrected chi connectivity index (χ4v) is 5.71. The number of hydrogen-bond acceptors (Lipinski definition) is 5. The molecule has 2 atom stereocenters. The average molecular weight is 546 g/mol. The highest BCUT2D eigenvalue weighted by Crippen LogP contribution is 2.46. The molecular formula is C31H29FNO5P. The molecule has 0 spiro atoms. The molecule has 4 aromatic rings. The van der Waals surface area contributed by atoms with Crippen LogP contribution in [0.2, 0.25) is 0 Å². The van der Waals surface area contributed by atoms with E-state index in [1.165, 1.54) is 19.2 Å². The first kappa shape index (κ1) is 28.2. The molecule has 0 aliphatic heterocycles. The Labute approximate surface area is 227 Å². The minimum Gasteiger partial charge on any atom is -0.481 e. The van der Waals surface area contributed by atoms with Gasteiger partial charge in [-0.2, -0.15) is 0 Å². The van der Waals surface area contributed by atoms with Crippen LogP contribution in [0.1, 0.15) is 37.4 Å². The van der Waals surface area contributed by atoms with Gasteiger partial charge in [-0.05, 0) is 46.1 Å². The van der Waals surface area contributed by atoms with Crippen LogP contribution in [0.4, 0.5) is 4.39 Å². The van der Waals surface area contributed by atoms with E-state index in [0.29, 0.717) is 28.1 Å². The van der Waals surface area contributed by atoms with Gasteiger partial charge in [0.2, 0.25) is 0 Å². The van der Waals surface area contributed by atoms with Crippen LogP contribution in [0.25, 0.3) is 33.2 Å². The van der Waals surface area contributed by atoms with Crippen molar-refractivity contribution in [1.29, 1.82) is 0 Å². The third-order valence-corrected chi connectivity index (χ3v) is 8.27. The Morgan fingerprint density at radius 2 is 1.74 bits per heavy atom. The van der Waals surface area contributed by atoms with Crippen LogP contribution in [0, 0.1) is 17.4 Å². The van der Waals surface area contributed by atoms with Crippen LogP contribution in [0.15, 0.2) is 72.8 Å². The van der Waals surface area contributed by atoms with Crippen molar-refractivity contribution in [2.45, 2.75) is 32.3 Å². The maximum atomic E-state index is 13.8. The van der Waals surface area contributed by atoms with Crippen molar-refractivity contribution in [3.05, 3.63) is 89.9 Å². The topological polar surface area (TPSA) is 96.7 Å². The lowest BCUT2D eigenvalue weighted by Gasteiger charge is -2.17. The molecule has 1 aromatic heterocycles. The number of nitrogens with zero attached hydrogens (tertiary/aromatic N) is 1. The van der Waals surface area contributed by atoms with Gasteiger partial charge in [-0.1, -0.05) is 74.4 Å². The van der Waals surface area contributed by atoms with Gasteiger partial charge in [0.1, 0.15) is 5.82 Å². The molecule has 6 nitrogen and oxygen atoms in total. The van der Waals surface area contributed by atoms with Crippen molar-refractivity contribution in [2.24, 2.45) is 0 Å². The average Bonchev–Trinajstić information content (AvgIpc) is 2.91. The van der Waals surface area contributed by atoms with Gasteiger partial charge in [0, 0.05) is 18.2 Å². The number of halogens is 1. The number of aromatic nitrogens is 1. The number of aliphatic carboxylic acids is 1. The second kappa shape index (κ2) is 11.9. The Balaban J connectivity index is 1.94. The molecule has 4 rings (SSSR count). The lowest BCUT2D eigenvalue weighted by atomic mass is 9.92. The lowest BCUT2D eigenvalue weighted by Crippen LogP contribution is -2.17. The zero-order chi connectivity index (χ0) is 28.2. The molecule has 3 aromatic carbocycles. The Bertz CT molecular complexity index is 1620. The number of carboxylic acids is 1. The fourth-order valence-electron chi connectivity index (χ4n) is 4.41. The highest BCUT2D eigenvalue weighted by molar-refractivity contribution is 7.64. The van der Waals surface area contributed by atoms with Gasteiger partial charge in [0.15, 0.2) is 0 Å². The summed E-state index contributed by atoms with van der Waals surface area (Å²) < 4.78 is 32.3. The van der Waals surface area contributed by atoms with Crippen LogP contribution < -0.4 is 0 Å². The van der Waals surface area contributed by atoms with Crippen molar-refractivity contribution in [3.63, 3.8) is 0 Å². The molecule has 1 heterocycles. The van der Waals surface area contributed by atoms with E-state index in [-0.39, 0.29) is 11.7 Å². The van der Waals surface area contributed by atoms with Crippen LogP contribution in [0.5, 0.6) is 0 Å². The van der Waals surface area contributed by atoms with E-state index < -0.39 is 32.0 Å². The van der Waals surface area contributed by atoms with Crippen molar-refractivity contribution < 1.29 is 28.5 Å². The molecule has 8 heteroatoms. The molecule has 1 unspecified atom stereocenters. The van der Waals surface area contributed by atoms with E-state index in [0.717, 1.165) is 16.3 Å². The highest BCUT2D eigenvalue weighted by atomic mass is 31.2. The summed E-state index contributed by atoms with van der Waals surface area (Å²) >= 11 is 0. The van der Waals surface area contributed by atoms with Crippen LogP contribution in [0.3, 0.4) is 0 Å². The van der Waals surface area contributed by atoms with Crippen molar-refractivity contribution in [1.82, 2.24) is 4.98 Å². The molecule has 0 aliphatic carbocycles. The second-order valence-corrected chi connectivity index (χ2v) is 11.8. The predicted molar refractivity (Wildman–Crippen MR) is 151 cm³/mol. The summed E-state index contributed by atoms with van der Waals surface area (Å²) in [6.07, 6.45) is -2.38. The fraction of sp³-hybridized carbons (Fsp3) is 0.226. The summed E-state index contributed by atoms with van der Waals surface area (Å²) in [5, 5.41) is 21.1. The van der Waals surface area contributed by atoms with Crippen LogP contribution in [-0.2, 0) is 13.9 Å². The summed E-state index contributed by atoms with van der Waals surface area (Å²) in [7, 11) is -2.49. The second-order valence-electron chi connectivity index (χ2n) is 9.53. The van der Waals surface area contributed by atoms with Gasteiger partial charge in [0.25, 0.3) is 7.37 Å². The molecule has 0 bridgehead atoms. The van der Waals surface area contributed by atoms with Crippen molar-refractivity contribution in [3.8, 4) is 34.0 Å². The molecule has 0 fully saturated rings. The summed E-state index contributed by atoms with van der Waals surface area (Å²) in [5.41, 5.74) is 6.87. The zero-order valence-corrected chi connectivity index (χ0v) is 22.8. The first-order chi connectivity index (χ1) is 18.6. The molecule has 0 saturated heterocycles. The van der Waals surface area contributed by atoms with Crippen LogP contribution in [-0.4, -0.2) is 40.5 Å². The normalized spacial score (nSPS) is 13.5. The number of carbonyl (C=O) groups is 1. The molecule has 0 saturated carbocycles. The molecule has 0 amide bonds. The Kier molecular flexibility index (Phi) is 8.62. The van der Waals surface area contributed by atoms with Gasteiger partial charge < -0.3 is 14.7 Å². The largest absolute Gasteiger partial charge is 0.481 e. The number of aliphatic hydroxyl groups excluding tert-OH is 1. The maximum Gasteiger partial charge on any atom is 0.305 e. The molecule has 0 aliphatic rings. The first-order valence-electron chi connectivity index (χ1n) is 12.5. The Morgan fingerprint density at radius 3 is 2.41 bits per heavy atom. The van der Waals surface area contributed by atoms with Crippen molar-refractivity contribution >= 4 is 24.1 Å². The van der Waals surface area contributed by atoms with Gasteiger partial charge in [-0.3, -0.25) is 14.3 Å². The predicted octanol–water partition coefficient (Wildman–Crippen LogP) is 6.90. The smallest absolute Gasteiger partial charge is 0.305 e. The third-order valence-electron chi connectivity index (χ3n) is 6.32. The number of fused-ring (bicyclic) bond motifs is 1. The number of rotatable bonds is 8. The van der Waals surface area contributed by atoms with Gasteiger partial charge in [0.05, 0.1) is 35.6 Å². The van der Waals surface area contributed by atoms with E-state index >= 15 is 0 Å². The monoisotopic (exact) mass is 545 g/mol. The van der Waals surface area contributed by atoms with E-state index in [9.17, 15) is 18.9 Å². The minimum atomic E-state index is -3.71. The van der Waals surface area contributed by atoms with E-state index in [1.807, 2.05) is 62.4 Å². The lowest BCUT2D eigenvalue weighted by molar-refractivity contribution is -0.138. The Hall–Kier alpha value is -3.82. The number of aliphatic hydroxyl groups is 1. The molecule has 2 N–H and O–H groups in total. The maximum absolute atomic E-state index is 13.8. The summed E-state index contributed by atoms with van der Waals surface area (Å²) in [4.78, 5) is 16.0. The summed E-state index contributed by atoms with van der Waals surface area (Å²) in [5.74, 6) is 1.31. The molecule has 0 radical (unpaired) electrons. The molecule has 39 heavy (non-hydrogen) atoms. The number of benzene rings is 3. The third kappa shape index (κ3) is 6.61. The number of pyridine rings is 1.